The van der Waals surface area contributed by atoms with Gasteiger partial charge in [0.2, 0.25) is 0 Å². The van der Waals surface area contributed by atoms with Gasteiger partial charge in [0.25, 0.3) is 0 Å². The second-order valence-corrected chi connectivity index (χ2v) is 8.87. The van der Waals surface area contributed by atoms with Gasteiger partial charge in [0.05, 0.1) is 21.1 Å². The maximum absolute atomic E-state index is 11.7. The average Bonchev–Trinajstić information content (AvgIpc) is 3.02. The first-order valence-electron chi connectivity index (χ1n) is 6.96. The Hall–Kier alpha value is -1.08. The van der Waals surface area contributed by atoms with Crippen LogP contribution in [0.2, 0.25) is 10.0 Å². The summed E-state index contributed by atoms with van der Waals surface area (Å²) < 4.78 is 28.7. The molecule has 0 bridgehead atoms. The van der Waals surface area contributed by atoms with E-state index in [0.717, 1.165) is 19.1 Å². The number of hydrogen-bond donors (Lipinski definition) is 1. The lowest BCUT2D eigenvalue weighted by Gasteiger charge is -2.16. The van der Waals surface area contributed by atoms with Crippen LogP contribution in [0.4, 0.5) is 0 Å². The summed E-state index contributed by atoms with van der Waals surface area (Å²) in [5.41, 5.74) is 0.725. The minimum atomic E-state index is -3.50. The summed E-state index contributed by atoms with van der Waals surface area (Å²) in [4.78, 5) is -0.0696. The van der Waals surface area contributed by atoms with Crippen LogP contribution in [-0.4, -0.2) is 24.9 Å². The standard InChI is InChI=1S/C15H15Cl2NO4S/c1-15(5-6-15)14-9(7-18-22-14)13(19)8-3-4-10(23(2,20)21)12(17)11(8)16/h3-4,7,13,19H,5-6H2,1-2H3. The Morgan fingerprint density at radius 3 is 2.48 bits per heavy atom. The first-order chi connectivity index (χ1) is 10.6. The van der Waals surface area contributed by atoms with E-state index < -0.39 is 15.9 Å². The summed E-state index contributed by atoms with van der Waals surface area (Å²) in [5, 5.41) is 14.3. The molecule has 1 aromatic carbocycles. The van der Waals surface area contributed by atoms with E-state index in [1.54, 1.807) is 0 Å². The molecule has 1 aliphatic carbocycles. The van der Waals surface area contributed by atoms with Crippen molar-refractivity contribution in [3.05, 3.63) is 45.3 Å². The van der Waals surface area contributed by atoms with Crippen molar-refractivity contribution in [2.75, 3.05) is 6.26 Å². The second-order valence-electron chi connectivity index (χ2n) is 6.13. The van der Waals surface area contributed by atoms with Crippen LogP contribution in [0.1, 0.15) is 42.8 Å². The third-order valence-electron chi connectivity index (χ3n) is 4.21. The lowest BCUT2D eigenvalue weighted by molar-refractivity contribution is 0.215. The maximum atomic E-state index is 11.7. The van der Waals surface area contributed by atoms with Crippen molar-refractivity contribution in [1.29, 1.82) is 0 Å². The molecule has 2 aromatic rings. The number of sulfone groups is 1. The molecule has 1 fully saturated rings. The van der Waals surface area contributed by atoms with Crippen molar-refractivity contribution in [2.24, 2.45) is 0 Å². The minimum absolute atomic E-state index is 0.00944. The monoisotopic (exact) mass is 375 g/mol. The lowest BCUT2D eigenvalue weighted by atomic mass is 9.95. The molecule has 1 heterocycles. The first-order valence-corrected chi connectivity index (χ1v) is 9.61. The smallest absolute Gasteiger partial charge is 0.177 e. The van der Waals surface area contributed by atoms with Crippen molar-refractivity contribution in [1.82, 2.24) is 5.16 Å². The molecule has 1 atom stereocenters. The third-order valence-corrected chi connectivity index (χ3v) is 6.36. The predicted molar refractivity (Wildman–Crippen MR) is 86.7 cm³/mol. The van der Waals surface area contributed by atoms with Gasteiger partial charge < -0.3 is 9.63 Å². The topological polar surface area (TPSA) is 80.4 Å². The van der Waals surface area contributed by atoms with E-state index in [9.17, 15) is 13.5 Å². The average molecular weight is 376 g/mol. The van der Waals surface area contributed by atoms with Crippen LogP contribution in [0.25, 0.3) is 0 Å². The molecule has 1 N–H and O–H groups in total. The van der Waals surface area contributed by atoms with E-state index in [-0.39, 0.29) is 20.4 Å². The van der Waals surface area contributed by atoms with Crippen molar-refractivity contribution < 1.29 is 18.0 Å². The zero-order valence-electron chi connectivity index (χ0n) is 12.5. The quantitative estimate of drug-likeness (QED) is 0.883. The van der Waals surface area contributed by atoms with Gasteiger partial charge in [0.15, 0.2) is 9.84 Å². The number of aliphatic hydroxyl groups is 1. The number of rotatable bonds is 4. The SMILES string of the molecule is CC1(c2oncc2C(O)c2ccc(S(C)(=O)=O)c(Cl)c2Cl)CC1. The number of hydrogen-bond acceptors (Lipinski definition) is 5. The molecule has 1 unspecified atom stereocenters. The van der Waals surface area contributed by atoms with E-state index in [1.807, 2.05) is 6.92 Å². The molecule has 124 valence electrons. The van der Waals surface area contributed by atoms with Gasteiger partial charge in [-0.25, -0.2) is 8.42 Å². The summed E-state index contributed by atoms with van der Waals surface area (Å²) in [6.45, 7) is 2.03. The van der Waals surface area contributed by atoms with E-state index in [2.05, 4.69) is 5.16 Å². The fraction of sp³-hybridized carbons (Fsp3) is 0.400. The van der Waals surface area contributed by atoms with Crippen LogP contribution in [-0.2, 0) is 15.3 Å². The van der Waals surface area contributed by atoms with E-state index >= 15 is 0 Å². The van der Waals surface area contributed by atoms with Crippen LogP contribution in [0.5, 0.6) is 0 Å². The lowest BCUT2D eigenvalue weighted by Crippen LogP contribution is -2.09. The molecule has 3 rings (SSSR count). The Balaban J connectivity index is 2.06. The normalized spacial score (nSPS) is 18.0. The molecule has 1 aliphatic rings. The van der Waals surface area contributed by atoms with Crippen molar-refractivity contribution in [3.63, 3.8) is 0 Å². The summed E-state index contributed by atoms with van der Waals surface area (Å²) in [7, 11) is -3.50. The zero-order valence-corrected chi connectivity index (χ0v) is 14.8. The molecule has 23 heavy (non-hydrogen) atoms. The van der Waals surface area contributed by atoms with E-state index in [4.69, 9.17) is 27.7 Å². The number of aliphatic hydroxyl groups excluding tert-OH is 1. The van der Waals surface area contributed by atoms with Gasteiger partial charge in [-0.1, -0.05) is 41.3 Å². The molecule has 0 amide bonds. The number of halogens is 2. The van der Waals surface area contributed by atoms with Gasteiger partial charge in [-0.15, -0.1) is 0 Å². The molecule has 5 nitrogen and oxygen atoms in total. The molecule has 1 saturated carbocycles. The second kappa shape index (κ2) is 5.48. The minimum Gasteiger partial charge on any atom is -0.383 e. The Bertz CT molecular complexity index is 872. The van der Waals surface area contributed by atoms with Crippen molar-refractivity contribution in [2.45, 2.75) is 36.2 Å². The van der Waals surface area contributed by atoms with Gasteiger partial charge in [-0.3, -0.25) is 0 Å². The number of nitrogens with zero attached hydrogens (tertiary/aromatic N) is 1. The fourth-order valence-corrected chi connectivity index (χ4v) is 4.19. The highest BCUT2D eigenvalue weighted by Crippen LogP contribution is 2.50. The Morgan fingerprint density at radius 2 is 1.91 bits per heavy atom. The largest absolute Gasteiger partial charge is 0.383 e. The predicted octanol–water partition coefficient (Wildman–Crippen LogP) is 3.52. The highest BCUT2D eigenvalue weighted by Gasteiger charge is 2.45. The summed E-state index contributed by atoms with van der Waals surface area (Å²) in [6.07, 6.45) is 3.34. The summed E-state index contributed by atoms with van der Waals surface area (Å²) in [5.74, 6) is 0.629. The van der Waals surface area contributed by atoms with Crippen LogP contribution in [0, 0.1) is 0 Å². The van der Waals surface area contributed by atoms with E-state index in [0.29, 0.717) is 16.9 Å². The molecular formula is C15H15Cl2NO4S. The van der Waals surface area contributed by atoms with E-state index in [1.165, 1.54) is 18.3 Å². The molecular weight excluding hydrogens is 361 g/mol. The maximum Gasteiger partial charge on any atom is 0.177 e. The van der Waals surface area contributed by atoms with Gasteiger partial charge in [0, 0.05) is 22.8 Å². The fourth-order valence-electron chi connectivity index (χ4n) is 2.53. The third kappa shape index (κ3) is 2.89. The highest BCUT2D eigenvalue weighted by molar-refractivity contribution is 7.90. The van der Waals surface area contributed by atoms with Crippen molar-refractivity contribution >= 4 is 33.0 Å². The highest BCUT2D eigenvalue weighted by atomic mass is 35.5. The molecule has 8 heteroatoms. The van der Waals surface area contributed by atoms with Gasteiger partial charge in [0.1, 0.15) is 11.9 Å². The molecule has 0 aliphatic heterocycles. The number of benzene rings is 1. The van der Waals surface area contributed by atoms with Gasteiger partial charge in [-0.05, 0) is 18.9 Å². The van der Waals surface area contributed by atoms with Gasteiger partial charge in [-0.2, -0.15) is 0 Å². The molecule has 1 aromatic heterocycles. The molecule has 0 radical (unpaired) electrons. The molecule has 0 saturated heterocycles. The van der Waals surface area contributed by atoms with Gasteiger partial charge >= 0.3 is 0 Å². The van der Waals surface area contributed by atoms with Crippen LogP contribution >= 0.6 is 23.2 Å². The van der Waals surface area contributed by atoms with Crippen molar-refractivity contribution in [3.8, 4) is 0 Å². The van der Waals surface area contributed by atoms with Crippen LogP contribution < -0.4 is 0 Å². The number of aromatic nitrogens is 1. The summed E-state index contributed by atoms with van der Waals surface area (Å²) >= 11 is 12.3. The van der Waals surface area contributed by atoms with Crippen LogP contribution in [0.3, 0.4) is 0 Å². The Labute approximate surface area is 144 Å². The molecule has 0 spiro atoms. The Morgan fingerprint density at radius 1 is 1.26 bits per heavy atom. The zero-order chi connectivity index (χ0) is 17.0. The Kier molecular flexibility index (Phi) is 3.99. The van der Waals surface area contributed by atoms with Crippen LogP contribution in [0.15, 0.2) is 27.7 Å². The first kappa shape index (κ1) is 16.8. The summed E-state index contributed by atoms with van der Waals surface area (Å²) in [6, 6.07) is 2.80.